The molecule has 0 bridgehead atoms. The largest absolute Gasteiger partial charge is 0.359 e. The third-order valence-electron chi connectivity index (χ3n) is 1.93. The van der Waals surface area contributed by atoms with Crippen LogP contribution < -0.4 is 5.32 Å². The summed E-state index contributed by atoms with van der Waals surface area (Å²) in [5.74, 6) is -0.0704. The lowest BCUT2D eigenvalue weighted by Gasteiger charge is -2.04. The van der Waals surface area contributed by atoms with E-state index >= 15 is 0 Å². The third-order valence-corrected chi connectivity index (χ3v) is 2.39. The summed E-state index contributed by atoms with van der Waals surface area (Å²) in [6, 6.07) is 5.84. The van der Waals surface area contributed by atoms with Crippen LogP contribution in [0.1, 0.15) is 6.92 Å². The zero-order chi connectivity index (χ0) is 10.1. The maximum absolute atomic E-state index is 10.9. The maximum Gasteiger partial charge on any atom is 0.221 e. The molecule has 1 heterocycles. The van der Waals surface area contributed by atoms with E-state index in [9.17, 15) is 4.79 Å². The Morgan fingerprint density at radius 1 is 1.50 bits per heavy atom. The van der Waals surface area contributed by atoms with Crippen LogP contribution in [0.2, 0.25) is 0 Å². The van der Waals surface area contributed by atoms with Crippen molar-refractivity contribution in [1.29, 1.82) is 0 Å². The maximum atomic E-state index is 10.9. The first-order chi connectivity index (χ1) is 6.66. The first-order valence-corrected chi connectivity index (χ1v) is 5.00. The standard InChI is InChI=1S/C10H9BrN2O/c1-6(14)13-9-5-8(11)4-7-2-3-12-10(7)9/h2-5,12H,1H3,(H,13,14). The molecule has 0 saturated carbocycles. The number of benzene rings is 1. The Morgan fingerprint density at radius 2 is 2.29 bits per heavy atom. The van der Waals surface area contributed by atoms with Crippen molar-refractivity contribution in [3.8, 4) is 0 Å². The molecule has 2 rings (SSSR count). The van der Waals surface area contributed by atoms with E-state index in [1.54, 1.807) is 0 Å². The molecule has 1 aromatic carbocycles. The zero-order valence-electron chi connectivity index (χ0n) is 7.60. The van der Waals surface area contributed by atoms with E-state index in [0.29, 0.717) is 0 Å². The molecule has 0 atom stereocenters. The van der Waals surface area contributed by atoms with Gasteiger partial charge in [-0.05, 0) is 18.2 Å². The van der Waals surface area contributed by atoms with Gasteiger partial charge in [-0.2, -0.15) is 0 Å². The molecule has 0 aliphatic heterocycles. The molecule has 3 nitrogen and oxygen atoms in total. The molecule has 0 aliphatic carbocycles. The topological polar surface area (TPSA) is 44.9 Å². The van der Waals surface area contributed by atoms with E-state index in [1.807, 2.05) is 24.4 Å². The number of fused-ring (bicyclic) bond motifs is 1. The Bertz CT molecular complexity index is 490. The fourth-order valence-corrected chi connectivity index (χ4v) is 1.90. The second-order valence-electron chi connectivity index (χ2n) is 3.08. The van der Waals surface area contributed by atoms with Gasteiger partial charge in [-0.15, -0.1) is 0 Å². The Balaban J connectivity index is 2.60. The van der Waals surface area contributed by atoms with Crippen molar-refractivity contribution in [3.05, 3.63) is 28.9 Å². The van der Waals surface area contributed by atoms with Gasteiger partial charge in [0.15, 0.2) is 0 Å². The minimum atomic E-state index is -0.0704. The predicted octanol–water partition coefficient (Wildman–Crippen LogP) is 2.89. The monoisotopic (exact) mass is 252 g/mol. The molecule has 0 fully saturated rings. The van der Waals surface area contributed by atoms with Crippen LogP contribution in [0, 0.1) is 0 Å². The van der Waals surface area contributed by atoms with Gasteiger partial charge in [-0.25, -0.2) is 0 Å². The van der Waals surface area contributed by atoms with Gasteiger partial charge >= 0.3 is 0 Å². The number of rotatable bonds is 1. The number of anilines is 1. The summed E-state index contributed by atoms with van der Waals surface area (Å²) in [7, 11) is 0. The molecule has 0 aliphatic rings. The van der Waals surface area contributed by atoms with Crippen LogP contribution in [0.25, 0.3) is 10.9 Å². The van der Waals surface area contributed by atoms with E-state index in [0.717, 1.165) is 21.1 Å². The molecule has 0 saturated heterocycles. The molecule has 1 amide bonds. The Morgan fingerprint density at radius 3 is 3.00 bits per heavy atom. The van der Waals surface area contributed by atoms with Gasteiger partial charge < -0.3 is 10.3 Å². The van der Waals surface area contributed by atoms with Crippen molar-refractivity contribution in [2.75, 3.05) is 5.32 Å². The second-order valence-corrected chi connectivity index (χ2v) is 3.99. The van der Waals surface area contributed by atoms with Gasteiger partial charge in [0.25, 0.3) is 0 Å². The molecule has 0 spiro atoms. The van der Waals surface area contributed by atoms with E-state index in [1.165, 1.54) is 6.92 Å². The zero-order valence-corrected chi connectivity index (χ0v) is 9.18. The highest BCUT2D eigenvalue weighted by molar-refractivity contribution is 9.10. The summed E-state index contributed by atoms with van der Waals surface area (Å²) in [6.07, 6.45) is 1.85. The summed E-state index contributed by atoms with van der Waals surface area (Å²) in [5.41, 5.74) is 1.75. The van der Waals surface area contributed by atoms with Crippen molar-refractivity contribution >= 4 is 38.4 Å². The lowest BCUT2D eigenvalue weighted by molar-refractivity contribution is -0.114. The van der Waals surface area contributed by atoms with Gasteiger partial charge in [0.2, 0.25) is 5.91 Å². The van der Waals surface area contributed by atoms with Crippen molar-refractivity contribution in [3.63, 3.8) is 0 Å². The number of hydrogen-bond acceptors (Lipinski definition) is 1. The number of amides is 1. The van der Waals surface area contributed by atoms with Crippen LogP contribution >= 0.6 is 15.9 Å². The van der Waals surface area contributed by atoms with Crippen molar-refractivity contribution in [2.45, 2.75) is 6.92 Å². The first kappa shape index (κ1) is 9.27. The highest BCUT2D eigenvalue weighted by Gasteiger charge is 2.04. The van der Waals surface area contributed by atoms with Crippen LogP contribution in [0.15, 0.2) is 28.9 Å². The average molecular weight is 253 g/mol. The Kier molecular flexibility index (Phi) is 2.29. The van der Waals surface area contributed by atoms with E-state index in [-0.39, 0.29) is 5.91 Å². The van der Waals surface area contributed by atoms with Gasteiger partial charge in [-0.1, -0.05) is 15.9 Å². The highest BCUT2D eigenvalue weighted by Crippen LogP contribution is 2.26. The van der Waals surface area contributed by atoms with E-state index in [2.05, 4.69) is 26.2 Å². The Labute approximate surface area is 89.6 Å². The number of aromatic nitrogens is 1. The summed E-state index contributed by atoms with van der Waals surface area (Å²) >= 11 is 3.39. The fourth-order valence-electron chi connectivity index (χ4n) is 1.42. The minimum Gasteiger partial charge on any atom is -0.359 e. The minimum absolute atomic E-state index is 0.0704. The molecule has 72 valence electrons. The molecule has 2 aromatic rings. The molecule has 14 heavy (non-hydrogen) atoms. The lowest BCUT2D eigenvalue weighted by atomic mass is 10.2. The average Bonchev–Trinajstić information content (AvgIpc) is 2.50. The number of halogens is 1. The van der Waals surface area contributed by atoms with Crippen LogP contribution in [0.4, 0.5) is 5.69 Å². The number of carbonyl (C=O) groups excluding carboxylic acids is 1. The second kappa shape index (κ2) is 3.46. The van der Waals surface area contributed by atoms with E-state index in [4.69, 9.17) is 0 Å². The van der Waals surface area contributed by atoms with Gasteiger partial charge in [0.05, 0.1) is 11.2 Å². The van der Waals surface area contributed by atoms with Crippen molar-refractivity contribution in [2.24, 2.45) is 0 Å². The number of carbonyl (C=O) groups is 1. The van der Waals surface area contributed by atoms with Crippen LogP contribution in [0.3, 0.4) is 0 Å². The molecule has 2 N–H and O–H groups in total. The normalized spacial score (nSPS) is 10.4. The molecule has 0 unspecified atom stereocenters. The van der Waals surface area contributed by atoms with Crippen LogP contribution in [0.5, 0.6) is 0 Å². The van der Waals surface area contributed by atoms with Gasteiger partial charge in [0, 0.05) is 23.0 Å². The lowest BCUT2D eigenvalue weighted by Crippen LogP contribution is -2.06. The van der Waals surface area contributed by atoms with Gasteiger partial charge in [0.1, 0.15) is 0 Å². The number of nitrogens with one attached hydrogen (secondary N) is 2. The number of aromatic amines is 1. The highest BCUT2D eigenvalue weighted by atomic mass is 79.9. The summed E-state index contributed by atoms with van der Waals surface area (Å²) < 4.78 is 0.952. The Hall–Kier alpha value is -1.29. The molecule has 4 heteroatoms. The first-order valence-electron chi connectivity index (χ1n) is 4.21. The number of H-pyrrole nitrogens is 1. The molecular formula is C10H9BrN2O. The van der Waals surface area contributed by atoms with Crippen molar-refractivity contribution < 1.29 is 4.79 Å². The molecule has 1 aromatic heterocycles. The SMILES string of the molecule is CC(=O)Nc1cc(Br)cc2cc[nH]c12. The van der Waals surface area contributed by atoms with Gasteiger partial charge in [-0.3, -0.25) is 4.79 Å². The predicted molar refractivity (Wildman–Crippen MR) is 60.3 cm³/mol. The van der Waals surface area contributed by atoms with Crippen molar-refractivity contribution in [1.82, 2.24) is 4.98 Å². The summed E-state index contributed by atoms with van der Waals surface area (Å²) in [5, 5.41) is 3.85. The van der Waals surface area contributed by atoms with Crippen LogP contribution in [-0.2, 0) is 4.79 Å². The number of hydrogen-bond donors (Lipinski definition) is 2. The summed E-state index contributed by atoms with van der Waals surface area (Å²) in [4.78, 5) is 14.0. The third kappa shape index (κ3) is 1.65. The molecular weight excluding hydrogens is 244 g/mol. The molecule has 0 radical (unpaired) electrons. The smallest absolute Gasteiger partial charge is 0.221 e. The quantitative estimate of drug-likeness (QED) is 0.806. The van der Waals surface area contributed by atoms with E-state index < -0.39 is 0 Å². The van der Waals surface area contributed by atoms with Crippen LogP contribution in [-0.4, -0.2) is 10.9 Å². The summed E-state index contributed by atoms with van der Waals surface area (Å²) in [6.45, 7) is 1.50. The fraction of sp³-hybridized carbons (Fsp3) is 0.100.